The number of carbonyl (C=O) groups excluding carboxylic acids is 2. The van der Waals surface area contributed by atoms with Crippen LogP contribution in [0.25, 0.3) is 11.1 Å². The molecule has 0 radical (unpaired) electrons. The molecule has 0 bridgehead atoms. The molecule has 0 aliphatic carbocycles. The van der Waals surface area contributed by atoms with Crippen molar-refractivity contribution in [3.8, 4) is 11.1 Å². The molecular weight excluding hydrogens is 400 g/mol. The fourth-order valence-corrected chi connectivity index (χ4v) is 3.94. The molecule has 2 aromatic carbocycles. The highest BCUT2D eigenvalue weighted by Gasteiger charge is 2.36. The number of aryl methyl sites for hydroxylation is 1. The Morgan fingerprint density at radius 2 is 2.00 bits per heavy atom. The number of nitrogens with one attached hydrogen (secondary N) is 2. The van der Waals surface area contributed by atoms with Gasteiger partial charge in [-0.1, -0.05) is 61.0 Å². The van der Waals surface area contributed by atoms with E-state index in [0.29, 0.717) is 23.8 Å². The first kappa shape index (κ1) is 20.2. The molecule has 1 unspecified atom stereocenters. The van der Waals surface area contributed by atoms with Gasteiger partial charge in [-0.3, -0.25) is 9.59 Å². The average Bonchev–Trinajstić information content (AvgIpc) is 3.24. The highest BCUT2D eigenvalue weighted by atomic mass is 35.5. The molecule has 1 aliphatic heterocycles. The zero-order valence-corrected chi connectivity index (χ0v) is 17.4. The zero-order valence-electron chi connectivity index (χ0n) is 16.7. The van der Waals surface area contributed by atoms with Gasteiger partial charge in [0.1, 0.15) is 11.9 Å². The van der Waals surface area contributed by atoms with Crippen LogP contribution < -0.4 is 10.6 Å². The Balaban J connectivity index is 1.49. The lowest BCUT2D eigenvalue weighted by molar-refractivity contribution is -0.126. The minimum atomic E-state index is -0.657. The molecule has 7 heteroatoms. The van der Waals surface area contributed by atoms with Crippen molar-refractivity contribution in [1.82, 2.24) is 15.1 Å². The SMILES string of the molecule is CCc1nn2c(c1-c1cccc(Cl)c1)NC(=O)C2CC(=O)NCCc1ccccc1. The van der Waals surface area contributed by atoms with Crippen LogP contribution in [0.4, 0.5) is 5.82 Å². The van der Waals surface area contributed by atoms with Crippen molar-refractivity contribution in [3.05, 3.63) is 70.9 Å². The predicted octanol–water partition coefficient (Wildman–Crippen LogP) is 4.01. The van der Waals surface area contributed by atoms with E-state index in [1.54, 1.807) is 4.68 Å². The smallest absolute Gasteiger partial charge is 0.251 e. The summed E-state index contributed by atoms with van der Waals surface area (Å²) in [4.78, 5) is 25.1. The third-order valence-corrected chi connectivity index (χ3v) is 5.46. The number of fused-ring (bicyclic) bond motifs is 1. The number of benzene rings is 2. The third-order valence-electron chi connectivity index (χ3n) is 5.23. The lowest BCUT2D eigenvalue weighted by Crippen LogP contribution is -2.30. The summed E-state index contributed by atoms with van der Waals surface area (Å²) in [5.74, 6) is 0.236. The second-order valence-corrected chi connectivity index (χ2v) is 7.71. The Morgan fingerprint density at radius 3 is 2.73 bits per heavy atom. The van der Waals surface area contributed by atoms with Crippen LogP contribution in [0.5, 0.6) is 0 Å². The van der Waals surface area contributed by atoms with Crippen molar-refractivity contribution in [2.24, 2.45) is 0 Å². The van der Waals surface area contributed by atoms with Gasteiger partial charge < -0.3 is 10.6 Å². The van der Waals surface area contributed by atoms with E-state index in [1.807, 2.05) is 61.5 Å². The maximum atomic E-state index is 12.6. The standard InChI is InChI=1S/C23H23ClN4O2/c1-2-18-21(16-9-6-10-17(24)13-16)22-26-23(30)19(28(22)27-18)14-20(29)25-12-11-15-7-4-3-5-8-15/h3-10,13,19H,2,11-12,14H2,1H3,(H,25,29)(H,26,30). The summed E-state index contributed by atoms with van der Waals surface area (Å²) in [6.07, 6.45) is 1.50. The van der Waals surface area contributed by atoms with Crippen LogP contribution in [0.3, 0.4) is 0 Å². The predicted molar refractivity (Wildman–Crippen MR) is 117 cm³/mol. The van der Waals surface area contributed by atoms with Gasteiger partial charge in [0.2, 0.25) is 5.91 Å². The van der Waals surface area contributed by atoms with Crippen LogP contribution in [0.2, 0.25) is 5.02 Å². The minimum absolute atomic E-state index is 0.0491. The van der Waals surface area contributed by atoms with Crippen molar-refractivity contribution >= 4 is 29.2 Å². The molecule has 3 aromatic rings. The van der Waals surface area contributed by atoms with Crippen molar-refractivity contribution < 1.29 is 9.59 Å². The highest BCUT2D eigenvalue weighted by molar-refractivity contribution is 6.30. The number of hydrogen-bond donors (Lipinski definition) is 2. The maximum absolute atomic E-state index is 12.6. The van der Waals surface area contributed by atoms with Crippen molar-refractivity contribution in [2.45, 2.75) is 32.2 Å². The first-order valence-corrected chi connectivity index (χ1v) is 10.4. The van der Waals surface area contributed by atoms with Gasteiger partial charge in [-0.25, -0.2) is 4.68 Å². The maximum Gasteiger partial charge on any atom is 0.251 e. The van der Waals surface area contributed by atoms with E-state index in [-0.39, 0.29) is 18.2 Å². The fourth-order valence-electron chi connectivity index (χ4n) is 3.75. The largest absolute Gasteiger partial charge is 0.356 e. The van der Waals surface area contributed by atoms with E-state index in [4.69, 9.17) is 11.6 Å². The number of rotatable bonds is 7. The Hall–Kier alpha value is -3.12. The van der Waals surface area contributed by atoms with Crippen LogP contribution in [0.1, 0.15) is 30.6 Å². The molecule has 1 atom stereocenters. The van der Waals surface area contributed by atoms with E-state index >= 15 is 0 Å². The molecular formula is C23H23ClN4O2. The molecule has 4 rings (SSSR count). The quantitative estimate of drug-likeness (QED) is 0.604. The zero-order chi connectivity index (χ0) is 21.1. The number of nitrogens with zero attached hydrogens (tertiary/aromatic N) is 2. The lowest BCUT2D eigenvalue weighted by atomic mass is 10.0. The van der Waals surface area contributed by atoms with E-state index in [1.165, 1.54) is 0 Å². The highest BCUT2D eigenvalue weighted by Crippen LogP contribution is 2.39. The molecule has 1 aromatic heterocycles. The van der Waals surface area contributed by atoms with E-state index in [2.05, 4.69) is 15.7 Å². The molecule has 6 nitrogen and oxygen atoms in total. The minimum Gasteiger partial charge on any atom is -0.356 e. The monoisotopic (exact) mass is 422 g/mol. The first-order valence-electron chi connectivity index (χ1n) is 10.1. The first-order chi connectivity index (χ1) is 14.6. The number of halogens is 1. The van der Waals surface area contributed by atoms with Gasteiger partial charge in [-0.2, -0.15) is 5.10 Å². The van der Waals surface area contributed by atoms with Gasteiger partial charge in [-0.15, -0.1) is 0 Å². The normalized spacial score (nSPS) is 15.0. The number of aromatic nitrogens is 2. The summed E-state index contributed by atoms with van der Waals surface area (Å²) in [5, 5.41) is 11.1. The summed E-state index contributed by atoms with van der Waals surface area (Å²) >= 11 is 6.16. The molecule has 0 saturated heterocycles. The fraction of sp³-hybridized carbons (Fsp3) is 0.261. The summed E-state index contributed by atoms with van der Waals surface area (Å²) < 4.78 is 1.65. The van der Waals surface area contributed by atoms with E-state index in [9.17, 15) is 9.59 Å². The van der Waals surface area contributed by atoms with Gasteiger partial charge in [0.05, 0.1) is 12.1 Å². The van der Waals surface area contributed by atoms with Crippen LogP contribution in [0.15, 0.2) is 54.6 Å². The molecule has 2 N–H and O–H groups in total. The number of amides is 2. The molecule has 154 valence electrons. The molecule has 2 heterocycles. The van der Waals surface area contributed by atoms with Gasteiger partial charge in [-0.05, 0) is 36.1 Å². The van der Waals surface area contributed by atoms with Gasteiger partial charge in [0.25, 0.3) is 5.91 Å². The Labute approximate surface area is 180 Å². The lowest BCUT2D eigenvalue weighted by Gasteiger charge is -2.10. The van der Waals surface area contributed by atoms with Gasteiger partial charge >= 0.3 is 0 Å². The summed E-state index contributed by atoms with van der Waals surface area (Å²) in [6, 6.07) is 16.8. The molecule has 0 saturated carbocycles. The average molecular weight is 423 g/mol. The second kappa shape index (κ2) is 8.71. The van der Waals surface area contributed by atoms with Crippen molar-refractivity contribution in [1.29, 1.82) is 0 Å². The summed E-state index contributed by atoms with van der Waals surface area (Å²) in [7, 11) is 0. The van der Waals surface area contributed by atoms with E-state index < -0.39 is 6.04 Å². The molecule has 0 fully saturated rings. The summed E-state index contributed by atoms with van der Waals surface area (Å²) in [6.45, 7) is 2.54. The third kappa shape index (κ3) is 4.09. The molecule has 1 aliphatic rings. The number of hydrogen-bond acceptors (Lipinski definition) is 3. The van der Waals surface area contributed by atoms with Crippen molar-refractivity contribution in [2.75, 3.05) is 11.9 Å². The Bertz CT molecular complexity index is 1080. The Morgan fingerprint density at radius 1 is 1.20 bits per heavy atom. The second-order valence-electron chi connectivity index (χ2n) is 7.27. The van der Waals surface area contributed by atoms with Gasteiger partial charge in [0, 0.05) is 17.1 Å². The number of anilines is 1. The Kier molecular flexibility index (Phi) is 5.86. The molecule has 30 heavy (non-hydrogen) atoms. The van der Waals surface area contributed by atoms with Crippen LogP contribution >= 0.6 is 11.6 Å². The molecule has 2 amide bonds. The molecule has 0 spiro atoms. The summed E-state index contributed by atoms with van der Waals surface area (Å²) in [5.41, 5.74) is 3.78. The van der Waals surface area contributed by atoms with Crippen LogP contribution in [0, 0.1) is 0 Å². The number of carbonyl (C=O) groups is 2. The topological polar surface area (TPSA) is 76.0 Å². The van der Waals surface area contributed by atoms with Crippen LogP contribution in [-0.2, 0) is 22.4 Å². The van der Waals surface area contributed by atoms with E-state index in [0.717, 1.165) is 28.8 Å². The van der Waals surface area contributed by atoms with Gasteiger partial charge in [0.15, 0.2) is 0 Å². The van der Waals surface area contributed by atoms with Crippen molar-refractivity contribution in [3.63, 3.8) is 0 Å². The van der Waals surface area contributed by atoms with Crippen LogP contribution in [-0.4, -0.2) is 28.1 Å².